The Labute approximate surface area is 117 Å². The van der Waals surface area contributed by atoms with Crippen molar-refractivity contribution in [2.75, 3.05) is 5.43 Å². The van der Waals surface area contributed by atoms with E-state index < -0.39 is 0 Å². The first kappa shape index (κ1) is 13.9. The van der Waals surface area contributed by atoms with Crippen LogP contribution >= 0.6 is 0 Å². The molecule has 0 unspecified atom stereocenters. The number of nitrogens with zero attached hydrogens (tertiary/aromatic N) is 3. The number of hydrogen-bond acceptors (Lipinski definition) is 6. The van der Waals surface area contributed by atoms with E-state index in [2.05, 4.69) is 29.4 Å². The van der Waals surface area contributed by atoms with E-state index in [1.165, 1.54) is 6.21 Å². The second kappa shape index (κ2) is 6.57. The van der Waals surface area contributed by atoms with E-state index in [4.69, 9.17) is 14.1 Å². The van der Waals surface area contributed by atoms with Crippen molar-refractivity contribution in [1.82, 2.24) is 4.98 Å². The van der Waals surface area contributed by atoms with Crippen molar-refractivity contribution in [3.05, 3.63) is 35.7 Å². The standard InChI is InChI=1S/C14H16N4O2/c1-3-10(4-2)13-17-12(8-15)14(20-13)18-16-9-11-6-5-7-19-11/h5-7,9-10,18H,3-4H2,1-2H3/b16-9+. The third-order valence-electron chi connectivity index (χ3n) is 2.99. The molecule has 2 heterocycles. The molecule has 1 N–H and O–H groups in total. The fraction of sp³-hybridized carbons (Fsp3) is 0.357. The van der Waals surface area contributed by atoms with Crippen LogP contribution in [0.1, 0.15) is 50.0 Å². The molecule has 0 spiro atoms. The molecule has 2 rings (SSSR count). The molecule has 0 fully saturated rings. The normalized spacial score (nSPS) is 11.1. The van der Waals surface area contributed by atoms with Crippen molar-refractivity contribution in [2.45, 2.75) is 32.6 Å². The summed E-state index contributed by atoms with van der Waals surface area (Å²) in [5, 5.41) is 13.0. The topological polar surface area (TPSA) is 87.4 Å². The lowest BCUT2D eigenvalue weighted by atomic mass is 10.0. The first-order chi connectivity index (χ1) is 9.78. The van der Waals surface area contributed by atoms with E-state index in [0.29, 0.717) is 11.7 Å². The molecule has 0 saturated carbocycles. The molecule has 2 aromatic heterocycles. The van der Waals surface area contributed by atoms with E-state index in [9.17, 15) is 0 Å². The van der Waals surface area contributed by atoms with Crippen molar-refractivity contribution >= 4 is 12.1 Å². The predicted molar refractivity (Wildman–Crippen MR) is 74.5 cm³/mol. The summed E-state index contributed by atoms with van der Waals surface area (Å²) in [5.41, 5.74) is 2.90. The minimum Gasteiger partial charge on any atom is -0.463 e. The average Bonchev–Trinajstić information content (AvgIpc) is 3.10. The Hall–Kier alpha value is -2.55. The summed E-state index contributed by atoms with van der Waals surface area (Å²) in [6.45, 7) is 4.12. The Morgan fingerprint density at radius 1 is 1.50 bits per heavy atom. The van der Waals surface area contributed by atoms with Gasteiger partial charge in [-0.15, -0.1) is 0 Å². The van der Waals surface area contributed by atoms with Crippen molar-refractivity contribution in [3.8, 4) is 6.07 Å². The summed E-state index contributed by atoms with van der Waals surface area (Å²) in [7, 11) is 0. The SMILES string of the molecule is CCC(CC)c1nc(C#N)c(N/N=C/c2ccco2)o1. The van der Waals surface area contributed by atoms with Gasteiger partial charge in [-0.3, -0.25) is 0 Å². The third-order valence-corrected chi connectivity index (χ3v) is 2.99. The number of nitriles is 1. The summed E-state index contributed by atoms with van der Waals surface area (Å²) in [4.78, 5) is 4.20. The molecule has 0 atom stereocenters. The van der Waals surface area contributed by atoms with Crippen LogP contribution in [0.5, 0.6) is 0 Å². The minimum absolute atomic E-state index is 0.212. The van der Waals surface area contributed by atoms with Gasteiger partial charge in [-0.05, 0) is 25.0 Å². The highest BCUT2D eigenvalue weighted by atomic mass is 16.4. The predicted octanol–water partition coefficient (Wildman–Crippen LogP) is 3.49. The maximum Gasteiger partial charge on any atom is 0.252 e. The summed E-state index contributed by atoms with van der Waals surface area (Å²) >= 11 is 0. The summed E-state index contributed by atoms with van der Waals surface area (Å²) in [6.07, 6.45) is 4.89. The summed E-state index contributed by atoms with van der Waals surface area (Å²) < 4.78 is 10.7. The molecule has 0 aliphatic carbocycles. The molecule has 0 aromatic carbocycles. The second-order valence-corrected chi connectivity index (χ2v) is 4.24. The van der Waals surface area contributed by atoms with Crippen LogP contribution in [0.25, 0.3) is 0 Å². The van der Waals surface area contributed by atoms with Crippen molar-refractivity contribution in [1.29, 1.82) is 5.26 Å². The van der Waals surface area contributed by atoms with Crippen molar-refractivity contribution < 1.29 is 8.83 Å². The zero-order valence-corrected chi connectivity index (χ0v) is 11.5. The average molecular weight is 272 g/mol. The lowest BCUT2D eigenvalue weighted by molar-refractivity contribution is 0.439. The highest BCUT2D eigenvalue weighted by Gasteiger charge is 2.18. The number of nitrogens with one attached hydrogen (secondary N) is 1. The maximum atomic E-state index is 9.06. The van der Waals surface area contributed by atoms with Crippen LogP contribution < -0.4 is 5.43 Å². The molecule has 0 aliphatic rings. The third kappa shape index (κ3) is 3.06. The molecule has 0 bridgehead atoms. The van der Waals surface area contributed by atoms with Gasteiger partial charge in [0.05, 0.1) is 12.5 Å². The van der Waals surface area contributed by atoms with Gasteiger partial charge in [-0.2, -0.15) is 10.4 Å². The smallest absolute Gasteiger partial charge is 0.252 e. The zero-order valence-electron chi connectivity index (χ0n) is 11.5. The number of hydrogen-bond donors (Lipinski definition) is 1. The molecule has 104 valence electrons. The lowest BCUT2D eigenvalue weighted by Gasteiger charge is -2.05. The number of aromatic nitrogens is 1. The van der Waals surface area contributed by atoms with Gasteiger partial charge in [0.1, 0.15) is 11.8 Å². The van der Waals surface area contributed by atoms with E-state index in [-0.39, 0.29) is 17.5 Å². The molecule has 0 amide bonds. The van der Waals surface area contributed by atoms with Gasteiger partial charge in [0.25, 0.3) is 5.88 Å². The molecule has 0 saturated heterocycles. The molecular weight excluding hydrogens is 256 g/mol. The van der Waals surface area contributed by atoms with E-state index in [0.717, 1.165) is 12.8 Å². The number of hydrazone groups is 1. The second-order valence-electron chi connectivity index (χ2n) is 4.24. The Morgan fingerprint density at radius 3 is 2.90 bits per heavy atom. The minimum atomic E-state index is 0.212. The number of furan rings is 1. The largest absolute Gasteiger partial charge is 0.463 e. The van der Waals surface area contributed by atoms with Gasteiger partial charge in [0.2, 0.25) is 11.6 Å². The molecule has 0 radical (unpaired) electrons. The van der Waals surface area contributed by atoms with Crippen molar-refractivity contribution in [3.63, 3.8) is 0 Å². The van der Waals surface area contributed by atoms with E-state index in [1.54, 1.807) is 18.4 Å². The van der Waals surface area contributed by atoms with Gasteiger partial charge in [-0.25, -0.2) is 10.4 Å². The maximum absolute atomic E-state index is 9.06. The molecule has 6 nitrogen and oxygen atoms in total. The van der Waals surface area contributed by atoms with Gasteiger partial charge in [0.15, 0.2) is 0 Å². The van der Waals surface area contributed by atoms with Crippen LogP contribution in [0.2, 0.25) is 0 Å². The van der Waals surface area contributed by atoms with Crippen LogP contribution in [-0.2, 0) is 0 Å². The zero-order chi connectivity index (χ0) is 14.4. The lowest BCUT2D eigenvalue weighted by Crippen LogP contribution is -1.95. The first-order valence-electron chi connectivity index (χ1n) is 6.51. The van der Waals surface area contributed by atoms with Crippen LogP contribution in [0, 0.1) is 11.3 Å². The molecular formula is C14H16N4O2. The summed E-state index contributed by atoms with van der Waals surface area (Å²) in [5.74, 6) is 1.65. The fourth-order valence-corrected chi connectivity index (χ4v) is 1.82. The molecule has 6 heteroatoms. The van der Waals surface area contributed by atoms with Crippen molar-refractivity contribution in [2.24, 2.45) is 5.10 Å². The Morgan fingerprint density at radius 2 is 2.30 bits per heavy atom. The van der Waals surface area contributed by atoms with Crippen LogP contribution in [-0.4, -0.2) is 11.2 Å². The van der Waals surface area contributed by atoms with Gasteiger partial charge < -0.3 is 8.83 Å². The Bertz CT molecular complexity index is 604. The van der Waals surface area contributed by atoms with E-state index in [1.807, 2.05) is 6.07 Å². The highest BCUT2D eigenvalue weighted by Crippen LogP contribution is 2.26. The Balaban J connectivity index is 2.13. The highest BCUT2D eigenvalue weighted by molar-refractivity contribution is 5.76. The van der Waals surface area contributed by atoms with Gasteiger partial charge in [-0.1, -0.05) is 13.8 Å². The Kier molecular flexibility index (Phi) is 4.56. The number of rotatable bonds is 6. The van der Waals surface area contributed by atoms with Gasteiger partial charge in [0, 0.05) is 5.92 Å². The van der Waals surface area contributed by atoms with Crippen LogP contribution in [0.15, 0.2) is 32.3 Å². The molecule has 20 heavy (non-hydrogen) atoms. The fourth-order valence-electron chi connectivity index (χ4n) is 1.82. The number of anilines is 1. The van der Waals surface area contributed by atoms with Crippen LogP contribution in [0.4, 0.5) is 5.88 Å². The molecule has 0 aliphatic heterocycles. The number of oxazole rings is 1. The quantitative estimate of drug-likeness (QED) is 0.642. The monoisotopic (exact) mass is 272 g/mol. The van der Waals surface area contributed by atoms with E-state index >= 15 is 0 Å². The van der Waals surface area contributed by atoms with Gasteiger partial charge >= 0.3 is 0 Å². The first-order valence-corrected chi connectivity index (χ1v) is 6.51. The van der Waals surface area contributed by atoms with Crippen LogP contribution in [0.3, 0.4) is 0 Å². The summed E-state index contributed by atoms with van der Waals surface area (Å²) in [6, 6.07) is 5.53. The molecule has 2 aromatic rings.